The highest BCUT2D eigenvalue weighted by Gasteiger charge is 2.27. The molecule has 1 unspecified atom stereocenters. The van der Waals surface area contributed by atoms with Gasteiger partial charge in [-0.2, -0.15) is 0 Å². The van der Waals surface area contributed by atoms with Crippen molar-refractivity contribution in [1.82, 2.24) is 4.90 Å². The minimum atomic E-state index is -3.89. The molecule has 3 rings (SSSR count). The van der Waals surface area contributed by atoms with Crippen molar-refractivity contribution in [3.63, 3.8) is 0 Å². The zero-order chi connectivity index (χ0) is 19.8. The van der Waals surface area contributed by atoms with E-state index in [9.17, 15) is 12.8 Å². The average molecular weight is 413 g/mol. The minimum Gasteiger partial charge on any atom is -0.496 e. The second-order valence-electron chi connectivity index (χ2n) is 6.81. The van der Waals surface area contributed by atoms with Gasteiger partial charge in [0.15, 0.2) is 0 Å². The van der Waals surface area contributed by atoms with Crippen LogP contribution in [0.5, 0.6) is 5.75 Å². The molecule has 1 atom stereocenters. The van der Waals surface area contributed by atoms with E-state index in [0.29, 0.717) is 11.7 Å². The van der Waals surface area contributed by atoms with Crippen LogP contribution in [0.25, 0.3) is 0 Å². The zero-order valence-corrected chi connectivity index (χ0v) is 17.0. The topological polar surface area (TPSA) is 58.6 Å². The summed E-state index contributed by atoms with van der Waals surface area (Å²) < 4.78 is 47.0. The van der Waals surface area contributed by atoms with Gasteiger partial charge in [0.2, 0.25) is 0 Å². The molecule has 0 fully saturated rings. The Morgan fingerprint density at radius 3 is 2.59 bits per heavy atom. The van der Waals surface area contributed by atoms with Gasteiger partial charge in [-0.25, -0.2) is 12.8 Å². The number of likely N-dealkylation sites (N-methyl/N-ethyl adjacent to an activating group) is 1. The van der Waals surface area contributed by atoms with Gasteiger partial charge in [0, 0.05) is 11.6 Å². The summed E-state index contributed by atoms with van der Waals surface area (Å²) in [4.78, 5) is 2.08. The largest absolute Gasteiger partial charge is 0.496 e. The molecule has 0 aromatic heterocycles. The Kier molecular flexibility index (Phi) is 5.65. The lowest BCUT2D eigenvalue weighted by Gasteiger charge is -2.32. The van der Waals surface area contributed by atoms with Crippen LogP contribution in [0.3, 0.4) is 0 Å². The van der Waals surface area contributed by atoms with Crippen molar-refractivity contribution in [3.8, 4) is 5.75 Å². The first-order valence-corrected chi connectivity index (χ1v) is 10.4. The third kappa shape index (κ3) is 4.05. The van der Waals surface area contributed by atoms with Crippen molar-refractivity contribution < 1.29 is 17.5 Å². The molecule has 0 saturated carbocycles. The minimum absolute atomic E-state index is 0.0829. The molecule has 0 aliphatic heterocycles. The van der Waals surface area contributed by atoms with E-state index in [1.54, 1.807) is 19.2 Å². The van der Waals surface area contributed by atoms with E-state index < -0.39 is 15.8 Å². The Labute approximate surface area is 164 Å². The summed E-state index contributed by atoms with van der Waals surface area (Å²) in [7, 11) is 1.79. The van der Waals surface area contributed by atoms with Crippen molar-refractivity contribution >= 4 is 27.3 Å². The lowest BCUT2D eigenvalue weighted by atomic mass is 9.86. The molecule has 1 N–H and O–H groups in total. The molecule has 0 saturated heterocycles. The number of methoxy groups -OCH3 is 1. The predicted octanol–water partition coefficient (Wildman–Crippen LogP) is 3.71. The van der Waals surface area contributed by atoms with E-state index in [4.69, 9.17) is 16.3 Å². The number of nitrogens with one attached hydrogen (secondary N) is 1. The van der Waals surface area contributed by atoms with Gasteiger partial charge in [0.05, 0.1) is 22.7 Å². The highest BCUT2D eigenvalue weighted by atomic mass is 35.5. The summed E-state index contributed by atoms with van der Waals surface area (Å²) in [5, 5.41) is -0.233. The van der Waals surface area contributed by atoms with Crippen LogP contribution < -0.4 is 9.46 Å². The van der Waals surface area contributed by atoms with Gasteiger partial charge in [-0.1, -0.05) is 11.6 Å². The molecular formula is C19H22ClFN2O3S. The first-order valence-electron chi connectivity index (χ1n) is 8.56. The van der Waals surface area contributed by atoms with E-state index >= 15 is 0 Å². The fourth-order valence-corrected chi connectivity index (χ4v) is 4.77. The molecule has 8 heteroatoms. The number of sulfonamides is 1. The maximum atomic E-state index is 13.4. The quantitative estimate of drug-likeness (QED) is 0.813. The molecule has 2 aromatic carbocycles. The van der Waals surface area contributed by atoms with Gasteiger partial charge in [-0.05, 0) is 69.3 Å². The second kappa shape index (κ2) is 7.66. The fraction of sp³-hybridized carbons (Fsp3) is 0.368. The monoisotopic (exact) mass is 412 g/mol. The van der Waals surface area contributed by atoms with Gasteiger partial charge < -0.3 is 9.64 Å². The van der Waals surface area contributed by atoms with Gasteiger partial charge in [0.1, 0.15) is 11.6 Å². The molecule has 0 heterocycles. The van der Waals surface area contributed by atoms with E-state index in [1.165, 1.54) is 6.07 Å². The van der Waals surface area contributed by atoms with Gasteiger partial charge >= 0.3 is 0 Å². The lowest BCUT2D eigenvalue weighted by molar-refractivity contribution is 0.265. The number of ether oxygens (including phenoxy) is 1. The van der Waals surface area contributed by atoms with Crippen molar-refractivity contribution in [2.45, 2.75) is 30.2 Å². The Morgan fingerprint density at radius 1 is 1.22 bits per heavy atom. The van der Waals surface area contributed by atoms with Crippen LogP contribution in [-0.2, 0) is 22.9 Å². The zero-order valence-electron chi connectivity index (χ0n) is 15.4. The maximum absolute atomic E-state index is 13.4. The SMILES string of the molecule is COc1ccc(NS(=O)(=O)c2ccc(F)c(Cl)c2)c2c1CC(N(C)C)CC2. The van der Waals surface area contributed by atoms with Gasteiger partial charge in [0.25, 0.3) is 10.0 Å². The summed E-state index contributed by atoms with van der Waals surface area (Å²) in [5.41, 5.74) is 2.47. The first-order chi connectivity index (χ1) is 12.7. The van der Waals surface area contributed by atoms with Crippen molar-refractivity contribution in [1.29, 1.82) is 0 Å². The summed E-state index contributed by atoms with van der Waals surface area (Å²) >= 11 is 5.74. The van der Waals surface area contributed by atoms with Crippen LogP contribution >= 0.6 is 11.6 Å². The van der Waals surface area contributed by atoms with E-state index in [0.717, 1.165) is 48.3 Å². The van der Waals surface area contributed by atoms with Crippen LogP contribution in [0.15, 0.2) is 35.2 Å². The Hall–Kier alpha value is -1.83. The van der Waals surface area contributed by atoms with Crippen molar-refractivity contribution in [2.24, 2.45) is 0 Å². The van der Waals surface area contributed by atoms with Crippen LogP contribution in [0.4, 0.5) is 10.1 Å². The Morgan fingerprint density at radius 2 is 1.96 bits per heavy atom. The lowest BCUT2D eigenvalue weighted by Crippen LogP contribution is -2.34. The van der Waals surface area contributed by atoms with Crippen LogP contribution in [0.1, 0.15) is 17.5 Å². The van der Waals surface area contributed by atoms with E-state index in [2.05, 4.69) is 9.62 Å². The summed E-state index contributed by atoms with van der Waals surface area (Å²) in [6.07, 6.45) is 2.44. The molecule has 2 aromatic rings. The number of rotatable bonds is 5. The summed E-state index contributed by atoms with van der Waals surface area (Å²) in [5.74, 6) is 0.0940. The van der Waals surface area contributed by atoms with Crippen molar-refractivity contribution in [3.05, 3.63) is 52.3 Å². The molecule has 146 valence electrons. The third-order valence-corrected chi connectivity index (χ3v) is 6.60. The Bertz CT molecular complexity index is 964. The molecule has 1 aliphatic carbocycles. The maximum Gasteiger partial charge on any atom is 0.261 e. The smallest absolute Gasteiger partial charge is 0.261 e. The third-order valence-electron chi connectivity index (χ3n) is 4.95. The number of fused-ring (bicyclic) bond motifs is 1. The number of hydrogen-bond acceptors (Lipinski definition) is 4. The molecular weight excluding hydrogens is 391 g/mol. The molecule has 1 aliphatic rings. The van der Waals surface area contributed by atoms with Gasteiger partial charge in [-0.3, -0.25) is 4.72 Å². The number of hydrogen-bond donors (Lipinski definition) is 1. The highest BCUT2D eigenvalue weighted by molar-refractivity contribution is 7.92. The van der Waals surface area contributed by atoms with Crippen molar-refractivity contribution in [2.75, 3.05) is 25.9 Å². The normalized spacial score (nSPS) is 16.9. The van der Waals surface area contributed by atoms with Crippen LogP contribution in [0.2, 0.25) is 5.02 Å². The van der Waals surface area contributed by atoms with Crippen LogP contribution in [-0.4, -0.2) is 40.6 Å². The highest BCUT2D eigenvalue weighted by Crippen LogP contribution is 2.36. The molecule has 0 spiro atoms. The molecule has 0 bridgehead atoms. The van der Waals surface area contributed by atoms with E-state index in [1.807, 2.05) is 14.1 Å². The molecule has 27 heavy (non-hydrogen) atoms. The van der Waals surface area contributed by atoms with Gasteiger partial charge in [-0.15, -0.1) is 0 Å². The first kappa shape index (κ1) is 19.9. The standard InChI is InChI=1S/C19H22ClFN2O3S/c1-23(2)12-4-6-14-15(10-12)19(26-3)9-8-18(14)22-27(24,25)13-5-7-17(21)16(20)11-13/h5,7-9,11-12,22H,4,6,10H2,1-3H3. The number of nitrogens with zero attached hydrogens (tertiary/aromatic N) is 1. The second-order valence-corrected chi connectivity index (χ2v) is 8.90. The predicted molar refractivity (Wildman–Crippen MR) is 105 cm³/mol. The average Bonchev–Trinajstić information content (AvgIpc) is 2.63. The number of halogens is 2. The number of anilines is 1. The fourth-order valence-electron chi connectivity index (χ4n) is 3.40. The van der Waals surface area contributed by atoms with E-state index in [-0.39, 0.29) is 9.92 Å². The molecule has 0 radical (unpaired) electrons. The van der Waals surface area contributed by atoms with Crippen LogP contribution in [0, 0.1) is 5.82 Å². The molecule has 5 nitrogen and oxygen atoms in total. The Balaban J connectivity index is 1.98. The number of benzene rings is 2. The summed E-state index contributed by atoms with van der Waals surface area (Å²) in [6.45, 7) is 0. The molecule has 0 amide bonds. The summed E-state index contributed by atoms with van der Waals surface area (Å²) in [6, 6.07) is 7.19.